The normalized spacial score (nSPS) is 14.4. The number of amides is 1. The van der Waals surface area contributed by atoms with Crippen LogP contribution in [-0.4, -0.2) is 16.0 Å². The number of benzene rings is 2. The first-order chi connectivity index (χ1) is 12.2. The van der Waals surface area contributed by atoms with Crippen LogP contribution < -0.4 is 5.32 Å². The highest BCUT2D eigenvalue weighted by molar-refractivity contribution is 8.38. The zero-order valence-corrected chi connectivity index (χ0v) is 16.1. The van der Waals surface area contributed by atoms with E-state index in [9.17, 15) is 4.79 Å². The smallest absolute Gasteiger partial charge is 0.230 e. The Labute approximate surface area is 157 Å². The summed E-state index contributed by atoms with van der Waals surface area (Å²) in [7, 11) is 0. The number of fused-ring (bicyclic) bond motifs is 1. The van der Waals surface area contributed by atoms with Crippen molar-refractivity contribution in [1.82, 2.24) is 5.32 Å². The van der Waals surface area contributed by atoms with E-state index in [1.54, 1.807) is 11.8 Å². The standard InChI is InChI=1S/C20H22N2OS2/c1-3-15-8-10-16(11-9-15)14(2)21-19(23)13-25-20-22-18-7-5-4-6-17(18)12-24-20/h4-11,14H,3,12-13H2,1-2H3,(H,21,23)/t14-/m0/s1. The van der Waals surface area contributed by atoms with Crippen molar-refractivity contribution < 1.29 is 4.79 Å². The second kappa shape index (κ2) is 8.59. The topological polar surface area (TPSA) is 41.5 Å². The van der Waals surface area contributed by atoms with Crippen molar-refractivity contribution in [2.75, 3.05) is 5.75 Å². The van der Waals surface area contributed by atoms with E-state index >= 15 is 0 Å². The first-order valence-electron chi connectivity index (χ1n) is 8.46. The molecule has 0 saturated carbocycles. The second-order valence-corrected chi connectivity index (χ2v) is 8.15. The maximum absolute atomic E-state index is 12.2. The molecule has 0 radical (unpaired) electrons. The largest absolute Gasteiger partial charge is 0.349 e. The molecule has 2 aromatic carbocycles. The number of nitrogens with one attached hydrogen (secondary N) is 1. The molecular weight excluding hydrogens is 348 g/mol. The predicted molar refractivity (Wildman–Crippen MR) is 110 cm³/mol. The van der Waals surface area contributed by atoms with Crippen molar-refractivity contribution in [2.45, 2.75) is 32.1 Å². The van der Waals surface area contributed by atoms with Gasteiger partial charge in [0.1, 0.15) is 4.38 Å². The molecule has 3 rings (SSSR count). The van der Waals surface area contributed by atoms with Crippen LogP contribution in [0.15, 0.2) is 53.5 Å². The fourth-order valence-corrected chi connectivity index (χ4v) is 4.50. The summed E-state index contributed by atoms with van der Waals surface area (Å²) in [5.74, 6) is 1.36. The van der Waals surface area contributed by atoms with Crippen LogP contribution in [0, 0.1) is 0 Å². The lowest BCUT2D eigenvalue weighted by Crippen LogP contribution is -2.28. The summed E-state index contributed by atoms with van der Waals surface area (Å²) in [4.78, 5) is 16.9. The Balaban J connectivity index is 1.52. The third-order valence-corrected chi connectivity index (χ3v) is 6.39. The molecule has 0 spiro atoms. The molecule has 25 heavy (non-hydrogen) atoms. The molecular formula is C20H22N2OS2. The van der Waals surface area contributed by atoms with Crippen LogP contribution in [0.4, 0.5) is 5.69 Å². The molecule has 3 nitrogen and oxygen atoms in total. The van der Waals surface area contributed by atoms with E-state index < -0.39 is 0 Å². The minimum Gasteiger partial charge on any atom is -0.349 e. The van der Waals surface area contributed by atoms with E-state index in [1.165, 1.54) is 22.9 Å². The number of aryl methyl sites for hydroxylation is 1. The molecule has 1 atom stereocenters. The van der Waals surface area contributed by atoms with Crippen molar-refractivity contribution in [3.63, 3.8) is 0 Å². The lowest BCUT2D eigenvalue weighted by molar-refractivity contribution is -0.119. The number of rotatable bonds is 5. The molecule has 0 bridgehead atoms. The summed E-state index contributed by atoms with van der Waals surface area (Å²) in [5.41, 5.74) is 4.72. The van der Waals surface area contributed by atoms with E-state index in [0.717, 1.165) is 27.8 Å². The van der Waals surface area contributed by atoms with E-state index in [0.29, 0.717) is 5.75 Å². The van der Waals surface area contributed by atoms with Crippen LogP contribution in [0.2, 0.25) is 0 Å². The molecule has 0 unspecified atom stereocenters. The molecule has 0 saturated heterocycles. The molecule has 2 aromatic rings. The summed E-state index contributed by atoms with van der Waals surface area (Å²) in [6.07, 6.45) is 1.03. The molecule has 130 valence electrons. The maximum Gasteiger partial charge on any atom is 0.230 e. The molecule has 0 aromatic heterocycles. The fourth-order valence-electron chi connectivity index (χ4n) is 2.62. The number of para-hydroxylation sites is 1. The van der Waals surface area contributed by atoms with Crippen molar-refractivity contribution in [2.24, 2.45) is 4.99 Å². The molecule has 1 N–H and O–H groups in total. The molecule has 1 aliphatic rings. The fraction of sp³-hybridized carbons (Fsp3) is 0.300. The number of hydrogen-bond acceptors (Lipinski definition) is 4. The zero-order chi connectivity index (χ0) is 17.6. The molecule has 1 aliphatic heterocycles. The third kappa shape index (κ3) is 4.89. The molecule has 1 heterocycles. The molecule has 1 amide bonds. The number of hydrogen-bond donors (Lipinski definition) is 1. The highest BCUT2D eigenvalue weighted by atomic mass is 32.2. The van der Waals surface area contributed by atoms with Crippen molar-refractivity contribution >= 4 is 39.5 Å². The number of carbonyl (C=O) groups is 1. The van der Waals surface area contributed by atoms with Gasteiger partial charge in [-0.3, -0.25) is 4.79 Å². The van der Waals surface area contributed by atoms with Gasteiger partial charge in [0.15, 0.2) is 0 Å². The highest BCUT2D eigenvalue weighted by Gasteiger charge is 2.15. The first-order valence-corrected chi connectivity index (χ1v) is 10.4. The van der Waals surface area contributed by atoms with Gasteiger partial charge in [-0.25, -0.2) is 4.99 Å². The Morgan fingerprint density at radius 2 is 2.00 bits per heavy atom. The first kappa shape index (κ1) is 18.1. The van der Waals surface area contributed by atoms with Crippen molar-refractivity contribution in [3.05, 3.63) is 65.2 Å². The zero-order valence-electron chi connectivity index (χ0n) is 14.5. The third-order valence-electron chi connectivity index (χ3n) is 4.15. The summed E-state index contributed by atoms with van der Waals surface area (Å²) in [6.45, 7) is 4.16. The van der Waals surface area contributed by atoms with Gasteiger partial charge in [0.25, 0.3) is 0 Å². The quantitative estimate of drug-likeness (QED) is 0.797. The maximum atomic E-state index is 12.2. The SMILES string of the molecule is CCc1ccc([C@H](C)NC(=O)CSC2=Nc3ccccc3CS2)cc1. The minimum atomic E-state index is 0.0145. The van der Waals surface area contributed by atoms with Gasteiger partial charge in [0.2, 0.25) is 5.91 Å². The summed E-state index contributed by atoms with van der Waals surface area (Å²) >= 11 is 3.21. The number of aliphatic imine (C=N–C) groups is 1. The van der Waals surface area contributed by atoms with Gasteiger partial charge < -0.3 is 5.32 Å². The van der Waals surface area contributed by atoms with Gasteiger partial charge in [-0.15, -0.1) is 0 Å². The van der Waals surface area contributed by atoms with E-state index in [2.05, 4.69) is 47.6 Å². The van der Waals surface area contributed by atoms with E-state index in [4.69, 9.17) is 0 Å². The predicted octanol–water partition coefficient (Wildman–Crippen LogP) is 5.09. The van der Waals surface area contributed by atoms with Crippen LogP contribution in [0.3, 0.4) is 0 Å². The Kier molecular flexibility index (Phi) is 6.21. The highest BCUT2D eigenvalue weighted by Crippen LogP contribution is 2.34. The lowest BCUT2D eigenvalue weighted by atomic mass is 10.1. The van der Waals surface area contributed by atoms with Gasteiger partial charge >= 0.3 is 0 Å². The Hall–Kier alpha value is -1.72. The van der Waals surface area contributed by atoms with Gasteiger partial charge in [0, 0.05) is 5.75 Å². The second-order valence-electron chi connectivity index (χ2n) is 5.97. The summed E-state index contributed by atoms with van der Waals surface area (Å²) in [6, 6.07) is 16.6. The van der Waals surface area contributed by atoms with Crippen LogP contribution in [0.1, 0.15) is 36.6 Å². The average molecular weight is 371 g/mol. The Morgan fingerprint density at radius 3 is 2.76 bits per heavy atom. The monoisotopic (exact) mass is 370 g/mol. The minimum absolute atomic E-state index is 0.0145. The van der Waals surface area contributed by atoms with Crippen molar-refractivity contribution in [3.8, 4) is 0 Å². The van der Waals surface area contributed by atoms with Crippen molar-refractivity contribution in [1.29, 1.82) is 0 Å². The van der Waals surface area contributed by atoms with E-state index in [-0.39, 0.29) is 11.9 Å². The van der Waals surface area contributed by atoms with Gasteiger partial charge in [-0.1, -0.05) is 72.9 Å². The van der Waals surface area contributed by atoms with Crippen LogP contribution >= 0.6 is 23.5 Å². The lowest BCUT2D eigenvalue weighted by Gasteiger charge is -2.16. The summed E-state index contributed by atoms with van der Waals surface area (Å²) < 4.78 is 0.966. The Morgan fingerprint density at radius 1 is 1.24 bits per heavy atom. The number of carbonyl (C=O) groups excluding carboxylic acids is 1. The molecule has 5 heteroatoms. The van der Waals surface area contributed by atoms with Gasteiger partial charge in [-0.2, -0.15) is 0 Å². The van der Waals surface area contributed by atoms with E-state index in [1.807, 2.05) is 25.1 Å². The summed E-state index contributed by atoms with van der Waals surface area (Å²) in [5, 5.41) is 3.07. The number of nitrogens with zero attached hydrogens (tertiary/aromatic N) is 1. The number of thioether (sulfide) groups is 2. The average Bonchev–Trinajstić information content (AvgIpc) is 2.66. The Bertz CT molecular complexity index is 772. The van der Waals surface area contributed by atoms with Crippen LogP contribution in [0.25, 0.3) is 0 Å². The molecule has 0 fully saturated rings. The van der Waals surface area contributed by atoms with Gasteiger partial charge in [-0.05, 0) is 36.1 Å². The van der Waals surface area contributed by atoms with Crippen LogP contribution in [-0.2, 0) is 17.0 Å². The van der Waals surface area contributed by atoms with Crippen LogP contribution in [0.5, 0.6) is 0 Å². The van der Waals surface area contributed by atoms with Gasteiger partial charge in [0.05, 0.1) is 17.5 Å². The molecule has 0 aliphatic carbocycles.